The third-order valence-corrected chi connectivity index (χ3v) is 5.02. The third-order valence-electron chi connectivity index (χ3n) is 5.02. The highest BCUT2D eigenvalue weighted by Gasteiger charge is 2.32. The Morgan fingerprint density at radius 2 is 1.67 bits per heavy atom. The van der Waals surface area contributed by atoms with Crippen LogP contribution in [0.15, 0.2) is 24.3 Å². The van der Waals surface area contributed by atoms with Gasteiger partial charge < -0.3 is 5.32 Å². The summed E-state index contributed by atoms with van der Waals surface area (Å²) in [7, 11) is 1.89. The van der Waals surface area contributed by atoms with E-state index in [0.717, 1.165) is 24.3 Å². The van der Waals surface area contributed by atoms with Gasteiger partial charge in [-0.1, -0.05) is 32.4 Å². The summed E-state index contributed by atoms with van der Waals surface area (Å²) in [4.78, 5) is 0. The number of halogens is 3. The van der Waals surface area contributed by atoms with Crippen LogP contribution in [0.2, 0.25) is 0 Å². The van der Waals surface area contributed by atoms with Crippen molar-refractivity contribution in [3.8, 4) is 0 Å². The summed E-state index contributed by atoms with van der Waals surface area (Å²) in [5.41, 5.74) is 0.379. The maximum Gasteiger partial charge on any atom is 0.416 e. The van der Waals surface area contributed by atoms with E-state index in [9.17, 15) is 13.2 Å². The van der Waals surface area contributed by atoms with E-state index < -0.39 is 11.7 Å². The number of benzene rings is 1. The fraction of sp³-hybridized carbons (Fsp3) is 0.647. The van der Waals surface area contributed by atoms with Gasteiger partial charge in [0.1, 0.15) is 0 Å². The van der Waals surface area contributed by atoms with Gasteiger partial charge in [-0.15, -0.1) is 0 Å². The first-order valence-corrected chi connectivity index (χ1v) is 7.67. The van der Waals surface area contributed by atoms with Crippen LogP contribution in [-0.4, -0.2) is 7.05 Å². The van der Waals surface area contributed by atoms with Crippen molar-refractivity contribution in [2.45, 2.75) is 45.3 Å². The Morgan fingerprint density at radius 1 is 1.05 bits per heavy atom. The molecule has 0 saturated heterocycles. The number of hydrogen-bond acceptors (Lipinski definition) is 1. The van der Waals surface area contributed by atoms with Crippen LogP contribution in [0, 0.1) is 17.8 Å². The number of alkyl halides is 3. The van der Waals surface area contributed by atoms with E-state index in [2.05, 4.69) is 19.2 Å². The van der Waals surface area contributed by atoms with Gasteiger partial charge in [-0.2, -0.15) is 13.2 Å². The van der Waals surface area contributed by atoms with Gasteiger partial charge in [0.15, 0.2) is 0 Å². The lowest BCUT2D eigenvalue weighted by Crippen LogP contribution is -2.31. The van der Waals surface area contributed by atoms with Crippen LogP contribution in [0.1, 0.15) is 50.3 Å². The van der Waals surface area contributed by atoms with Gasteiger partial charge >= 0.3 is 6.18 Å². The van der Waals surface area contributed by atoms with Gasteiger partial charge in [-0.25, -0.2) is 0 Å². The van der Waals surface area contributed by atoms with Crippen molar-refractivity contribution in [3.63, 3.8) is 0 Å². The van der Waals surface area contributed by atoms with Gasteiger partial charge in [-0.3, -0.25) is 0 Å². The number of rotatable bonds is 3. The lowest BCUT2D eigenvalue weighted by molar-refractivity contribution is -0.137. The Morgan fingerprint density at radius 3 is 2.14 bits per heavy atom. The van der Waals surface area contributed by atoms with Gasteiger partial charge in [0.05, 0.1) is 5.56 Å². The second-order valence-corrected chi connectivity index (χ2v) is 6.41. The smallest absolute Gasteiger partial charge is 0.313 e. The molecule has 21 heavy (non-hydrogen) atoms. The molecule has 4 atom stereocenters. The third kappa shape index (κ3) is 3.79. The van der Waals surface area contributed by atoms with Crippen molar-refractivity contribution in [1.29, 1.82) is 0 Å². The van der Waals surface area contributed by atoms with Crippen molar-refractivity contribution >= 4 is 0 Å². The molecule has 2 rings (SSSR count). The average molecular weight is 299 g/mol. The molecule has 1 aliphatic rings. The van der Waals surface area contributed by atoms with E-state index in [1.54, 1.807) is 12.1 Å². The molecular weight excluding hydrogens is 275 g/mol. The van der Waals surface area contributed by atoms with Gasteiger partial charge in [0.2, 0.25) is 0 Å². The van der Waals surface area contributed by atoms with Crippen LogP contribution in [0.4, 0.5) is 13.2 Å². The lowest BCUT2D eigenvalue weighted by Gasteiger charge is -2.37. The number of hydrogen-bond donors (Lipinski definition) is 1. The molecule has 1 nitrogen and oxygen atoms in total. The largest absolute Gasteiger partial charge is 0.416 e. The van der Waals surface area contributed by atoms with Crippen molar-refractivity contribution < 1.29 is 13.2 Å². The fourth-order valence-electron chi connectivity index (χ4n) is 3.45. The highest BCUT2D eigenvalue weighted by molar-refractivity contribution is 5.27. The molecule has 4 unspecified atom stereocenters. The molecule has 0 aliphatic heterocycles. The van der Waals surface area contributed by atoms with Crippen molar-refractivity contribution in [1.82, 2.24) is 5.32 Å². The zero-order valence-electron chi connectivity index (χ0n) is 12.9. The van der Waals surface area contributed by atoms with E-state index in [0.29, 0.717) is 11.8 Å². The first-order valence-electron chi connectivity index (χ1n) is 7.67. The topological polar surface area (TPSA) is 12.0 Å². The Labute approximate surface area is 124 Å². The molecule has 4 heteroatoms. The van der Waals surface area contributed by atoms with Crippen molar-refractivity contribution in [2.24, 2.45) is 17.8 Å². The minimum Gasteiger partial charge on any atom is -0.313 e. The standard InChI is InChI=1S/C17H24F3N/c1-11-4-5-14(10-12(11)2)16(21-3)13-6-8-15(9-7-13)17(18,19)20/h6-9,11-12,14,16,21H,4-5,10H2,1-3H3. The quantitative estimate of drug-likeness (QED) is 0.824. The molecule has 1 N–H and O–H groups in total. The van der Waals surface area contributed by atoms with Gasteiger partial charge in [0.25, 0.3) is 0 Å². The monoisotopic (exact) mass is 299 g/mol. The average Bonchev–Trinajstić information content (AvgIpc) is 2.43. The summed E-state index contributed by atoms with van der Waals surface area (Å²) >= 11 is 0. The molecule has 0 radical (unpaired) electrons. The summed E-state index contributed by atoms with van der Waals surface area (Å²) in [6, 6.07) is 5.75. The normalized spacial score (nSPS) is 28.4. The molecule has 1 fully saturated rings. The maximum absolute atomic E-state index is 12.6. The molecular formula is C17H24F3N. The summed E-state index contributed by atoms with van der Waals surface area (Å²) in [5, 5.41) is 3.30. The maximum atomic E-state index is 12.6. The van der Waals surface area contributed by atoms with Crippen molar-refractivity contribution in [3.05, 3.63) is 35.4 Å². The van der Waals surface area contributed by atoms with Crippen LogP contribution in [-0.2, 0) is 6.18 Å². The Bertz CT molecular complexity index is 452. The van der Waals surface area contributed by atoms with Crippen LogP contribution in [0.3, 0.4) is 0 Å². The second kappa shape index (κ2) is 6.39. The summed E-state index contributed by atoms with van der Waals surface area (Å²) < 4.78 is 37.9. The van der Waals surface area contributed by atoms with Gasteiger partial charge in [0, 0.05) is 6.04 Å². The highest BCUT2D eigenvalue weighted by atomic mass is 19.4. The SMILES string of the molecule is CNC(c1ccc(C(F)(F)F)cc1)C1CCC(C)C(C)C1. The molecule has 118 valence electrons. The molecule has 1 aliphatic carbocycles. The predicted molar refractivity (Wildman–Crippen MR) is 78.9 cm³/mol. The van der Waals surface area contributed by atoms with Crippen LogP contribution < -0.4 is 5.32 Å². The summed E-state index contributed by atoms with van der Waals surface area (Å²) in [6.07, 6.45) is -0.793. The molecule has 0 amide bonds. The molecule has 0 heterocycles. The first-order chi connectivity index (χ1) is 9.82. The molecule has 0 aromatic heterocycles. The Balaban J connectivity index is 2.14. The van der Waals surface area contributed by atoms with E-state index in [1.165, 1.54) is 18.6 Å². The van der Waals surface area contributed by atoms with E-state index >= 15 is 0 Å². The Kier molecular flexibility index (Phi) is 4.97. The first kappa shape index (κ1) is 16.3. The van der Waals surface area contributed by atoms with E-state index in [4.69, 9.17) is 0 Å². The van der Waals surface area contributed by atoms with Crippen LogP contribution in [0.5, 0.6) is 0 Å². The Hall–Kier alpha value is -1.03. The molecule has 1 aromatic carbocycles. The van der Waals surface area contributed by atoms with Crippen LogP contribution in [0.25, 0.3) is 0 Å². The van der Waals surface area contributed by atoms with Gasteiger partial charge in [-0.05, 0) is 55.3 Å². The molecule has 0 bridgehead atoms. The van der Waals surface area contributed by atoms with E-state index in [1.807, 2.05) is 7.05 Å². The lowest BCUT2D eigenvalue weighted by atomic mass is 9.72. The van der Waals surface area contributed by atoms with E-state index in [-0.39, 0.29) is 6.04 Å². The fourth-order valence-corrected chi connectivity index (χ4v) is 3.45. The zero-order chi connectivity index (χ0) is 15.6. The predicted octanol–water partition coefficient (Wildman–Crippen LogP) is 5.04. The zero-order valence-corrected chi connectivity index (χ0v) is 12.9. The minimum atomic E-state index is -4.26. The molecule has 1 saturated carbocycles. The highest BCUT2D eigenvalue weighted by Crippen LogP contribution is 2.40. The molecule has 0 spiro atoms. The summed E-state index contributed by atoms with van der Waals surface area (Å²) in [6.45, 7) is 4.56. The minimum absolute atomic E-state index is 0.141. The van der Waals surface area contributed by atoms with Crippen LogP contribution >= 0.6 is 0 Å². The number of nitrogens with one attached hydrogen (secondary N) is 1. The molecule has 1 aromatic rings. The summed E-state index contributed by atoms with van der Waals surface area (Å²) in [5.74, 6) is 1.92. The second-order valence-electron chi connectivity index (χ2n) is 6.41. The van der Waals surface area contributed by atoms with Crippen molar-refractivity contribution in [2.75, 3.05) is 7.05 Å².